The quantitative estimate of drug-likeness (QED) is 0.855. The van der Waals surface area contributed by atoms with Gasteiger partial charge in [-0.1, -0.05) is 0 Å². The van der Waals surface area contributed by atoms with Crippen LogP contribution in [0.2, 0.25) is 0 Å². The van der Waals surface area contributed by atoms with Crippen LogP contribution in [-0.2, 0) is 11.3 Å². The number of thiophene rings is 1. The maximum Gasteiger partial charge on any atom is 0.0641 e. The van der Waals surface area contributed by atoms with E-state index in [-0.39, 0.29) is 5.41 Å². The largest absolute Gasteiger partial charge is 0.379 e. The number of nitrogens with zero attached hydrogens (tertiary/aromatic N) is 3. The Bertz CT molecular complexity index is 633. The van der Waals surface area contributed by atoms with Crippen LogP contribution in [0.25, 0.3) is 0 Å². The summed E-state index contributed by atoms with van der Waals surface area (Å²) in [4.78, 5) is 9.38. The van der Waals surface area contributed by atoms with Gasteiger partial charge in [-0.05, 0) is 53.9 Å². The minimum atomic E-state index is 0.237. The molecule has 2 aromatic heterocycles. The Morgan fingerprint density at radius 2 is 2.25 bits per heavy atom. The molecule has 4 nitrogen and oxygen atoms in total. The van der Waals surface area contributed by atoms with Crippen molar-refractivity contribution < 1.29 is 4.74 Å². The third kappa shape index (κ3) is 3.63. The van der Waals surface area contributed by atoms with Gasteiger partial charge in [0.15, 0.2) is 0 Å². The zero-order valence-corrected chi connectivity index (χ0v) is 14.9. The van der Waals surface area contributed by atoms with E-state index in [0.717, 1.165) is 39.4 Å². The maximum atomic E-state index is 6.04. The van der Waals surface area contributed by atoms with E-state index in [0.29, 0.717) is 0 Å². The van der Waals surface area contributed by atoms with Crippen molar-refractivity contribution in [2.24, 2.45) is 5.41 Å². The van der Waals surface area contributed by atoms with Gasteiger partial charge in [-0.15, -0.1) is 0 Å². The van der Waals surface area contributed by atoms with Gasteiger partial charge in [0, 0.05) is 37.8 Å². The first-order valence-corrected chi connectivity index (χ1v) is 9.74. The fourth-order valence-electron chi connectivity index (χ4n) is 4.09. The minimum Gasteiger partial charge on any atom is -0.379 e. The number of aromatic nitrogens is 1. The Morgan fingerprint density at radius 3 is 3.08 bits per heavy atom. The fourth-order valence-corrected chi connectivity index (χ4v) is 4.75. The van der Waals surface area contributed by atoms with Crippen LogP contribution < -0.4 is 4.90 Å². The van der Waals surface area contributed by atoms with Crippen molar-refractivity contribution in [3.8, 4) is 0 Å². The molecule has 2 aliphatic heterocycles. The van der Waals surface area contributed by atoms with Crippen molar-refractivity contribution >= 4 is 17.0 Å². The summed E-state index contributed by atoms with van der Waals surface area (Å²) in [5.74, 6) is 0. The summed E-state index contributed by atoms with van der Waals surface area (Å²) < 4.78 is 6.04. The van der Waals surface area contributed by atoms with Crippen LogP contribution in [0.3, 0.4) is 0 Å². The Hall–Kier alpha value is -1.43. The highest BCUT2D eigenvalue weighted by Crippen LogP contribution is 2.35. The molecule has 0 aromatic carbocycles. The first-order valence-electron chi connectivity index (χ1n) is 8.79. The first kappa shape index (κ1) is 16.1. The van der Waals surface area contributed by atoms with E-state index in [1.165, 1.54) is 30.6 Å². The van der Waals surface area contributed by atoms with Crippen LogP contribution in [0.1, 0.15) is 18.4 Å². The summed E-state index contributed by atoms with van der Waals surface area (Å²) in [7, 11) is 0. The molecule has 0 bridgehead atoms. The summed E-state index contributed by atoms with van der Waals surface area (Å²) in [6.07, 6.45) is 6.33. The van der Waals surface area contributed by atoms with E-state index in [2.05, 4.69) is 37.7 Å². The molecule has 2 saturated heterocycles. The molecule has 0 radical (unpaired) electrons. The zero-order chi connectivity index (χ0) is 16.2. The number of piperidine rings is 1. The van der Waals surface area contributed by atoms with Crippen LogP contribution in [0, 0.1) is 5.41 Å². The van der Waals surface area contributed by atoms with Gasteiger partial charge in [0.2, 0.25) is 0 Å². The molecule has 4 heterocycles. The maximum absolute atomic E-state index is 6.04. The summed E-state index contributed by atoms with van der Waals surface area (Å²) in [5, 5.41) is 4.45. The molecule has 0 amide bonds. The van der Waals surface area contributed by atoms with Crippen LogP contribution in [0.5, 0.6) is 0 Å². The number of ether oxygens (including phenoxy) is 1. The lowest BCUT2D eigenvalue weighted by atomic mass is 9.80. The Balaban J connectivity index is 1.49. The fraction of sp³-hybridized carbons (Fsp3) is 0.526. The number of hydrogen-bond acceptors (Lipinski definition) is 5. The minimum absolute atomic E-state index is 0.237. The van der Waals surface area contributed by atoms with Gasteiger partial charge in [-0.3, -0.25) is 9.88 Å². The van der Waals surface area contributed by atoms with Crippen LogP contribution in [0.15, 0.2) is 41.4 Å². The van der Waals surface area contributed by atoms with Gasteiger partial charge in [0.1, 0.15) is 0 Å². The SMILES string of the molecule is c1cncc(N2CCOCC3(CCCN(Cc4ccsc4)C3)C2)c1. The topological polar surface area (TPSA) is 28.6 Å². The molecular weight excluding hydrogens is 318 g/mol. The number of hydrogen-bond donors (Lipinski definition) is 0. The third-order valence-corrected chi connectivity index (χ3v) is 5.91. The Morgan fingerprint density at radius 1 is 1.25 bits per heavy atom. The molecule has 2 fully saturated rings. The summed E-state index contributed by atoms with van der Waals surface area (Å²) in [6, 6.07) is 6.44. The average Bonchev–Trinajstić information content (AvgIpc) is 3.03. The molecule has 1 atom stereocenters. The van der Waals surface area contributed by atoms with Crippen molar-refractivity contribution in [2.75, 3.05) is 44.3 Å². The number of anilines is 1. The second-order valence-corrected chi connectivity index (χ2v) is 7.91. The molecule has 0 aliphatic carbocycles. The lowest BCUT2D eigenvalue weighted by molar-refractivity contribution is 0.0107. The molecule has 5 heteroatoms. The van der Waals surface area contributed by atoms with Crippen molar-refractivity contribution in [3.05, 3.63) is 46.9 Å². The van der Waals surface area contributed by atoms with Crippen molar-refractivity contribution in [1.82, 2.24) is 9.88 Å². The molecular formula is C19H25N3OS. The second kappa shape index (κ2) is 7.21. The highest BCUT2D eigenvalue weighted by Gasteiger charge is 2.39. The predicted octanol–water partition coefficient (Wildman–Crippen LogP) is 3.26. The van der Waals surface area contributed by atoms with Gasteiger partial charge in [0.05, 0.1) is 25.1 Å². The molecule has 24 heavy (non-hydrogen) atoms. The lowest BCUT2D eigenvalue weighted by Gasteiger charge is -2.44. The molecule has 2 aliphatic rings. The first-order chi connectivity index (χ1) is 11.8. The monoisotopic (exact) mass is 343 g/mol. The van der Waals surface area contributed by atoms with Gasteiger partial charge >= 0.3 is 0 Å². The van der Waals surface area contributed by atoms with Gasteiger partial charge < -0.3 is 9.64 Å². The van der Waals surface area contributed by atoms with Crippen LogP contribution >= 0.6 is 11.3 Å². The Labute approximate surface area is 148 Å². The van der Waals surface area contributed by atoms with E-state index in [1.54, 1.807) is 11.3 Å². The van der Waals surface area contributed by atoms with E-state index >= 15 is 0 Å². The smallest absolute Gasteiger partial charge is 0.0641 e. The predicted molar refractivity (Wildman–Crippen MR) is 98.5 cm³/mol. The normalized spacial score (nSPS) is 25.8. The molecule has 0 N–H and O–H groups in total. The molecule has 128 valence electrons. The molecule has 4 rings (SSSR count). The van der Waals surface area contributed by atoms with Crippen molar-refractivity contribution in [2.45, 2.75) is 19.4 Å². The van der Waals surface area contributed by atoms with Crippen LogP contribution in [0.4, 0.5) is 5.69 Å². The van der Waals surface area contributed by atoms with E-state index in [9.17, 15) is 0 Å². The Kier molecular flexibility index (Phi) is 4.83. The molecule has 1 spiro atoms. The van der Waals surface area contributed by atoms with Gasteiger partial charge in [-0.2, -0.15) is 11.3 Å². The standard InChI is InChI=1S/C19H25N3OS/c1-3-18(11-20-6-1)22-8-9-23-16-19(15-22)5-2-7-21(14-19)12-17-4-10-24-13-17/h1,3-4,6,10-11,13H,2,5,7-9,12,14-16H2. The van der Waals surface area contributed by atoms with E-state index in [1.807, 2.05) is 18.5 Å². The highest BCUT2D eigenvalue weighted by atomic mass is 32.1. The summed E-state index contributed by atoms with van der Waals surface area (Å²) in [6.45, 7) is 7.10. The molecule has 1 unspecified atom stereocenters. The average molecular weight is 343 g/mol. The van der Waals surface area contributed by atoms with Crippen molar-refractivity contribution in [3.63, 3.8) is 0 Å². The molecule has 0 saturated carbocycles. The molecule has 2 aromatic rings. The second-order valence-electron chi connectivity index (χ2n) is 7.13. The number of likely N-dealkylation sites (tertiary alicyclic amines) is 1. The van der Waals surface area contributed by atoms with Crippen LogP contribution in [-0.4, -0.2) is 49.3 Å². The summed E-state index contributed by atoms with van der Waals surface area (Å²) in [5.41, 5.74) is 2.90. The number of pyridine rings is 1. The highest BCUT2D eigenvalue weighted by molar-refractivity contribution is 7.07. The van der Waals surface area contributed by atoms with Gasteiger partial charge in [0.25, 0.3) is 0 Å². The zero-order valence-electron chi connectivity index (χ0n) is 14.1. The lowest BCUT2D eigenvalue weighted by Crippen LogP contribution is -2.50. The van der Waals surface area contributed by atoms with Crippen molar-refractivity contribution in [1.29, 1.82) is 0 Å². The third-order valence-electron chi connectivity index (χ3n) is 5.18. The summed E-state index contributed by atoms with van der Waals surface area (Å²) >= 11 is 1.79. The van der Waals surface area contributed by atoms with Gasteiger partial charge in [-0.25, -0.2) is 0 Å². The van der Waals surface area contributed by atoms with E-state index < -0.39 is 0 Å². The number of rotatable bonds is 3. The van der Waals surface area contributed by atoms with E-state index in [4.69, 9.17) is 4.74 Å².